The summed E-state index contributed by atoms with van der Waals surface area (Å²) in [6.07, 6.45) is 0. The molecule has 2 heterocycles. The van der Waals surface area contributed by atoms with Gasteiger partial charge in [-0.05, 0) is 25.5 Å². The predicted octanol–water partition coefficient (Wildman–Crippen LogP) is 1.75. The smallest absolute Gasteiger partial charge is 0.339 e. The molecule has 41 heavy (non-hydrogen) atoms. The molecule has 3 atom stereocenters. The van der Waals surface area contributed by atoms with E-state index in [1.54, 1.807) is 30.3 Å². The molecule has 0 saturated carbocycles. The van der Waals surface area contributed by atoms with Crippen LogP contribution in [0.15, 0.2) is 42.5 Å². The number of esters is 4. The van der Waals surface area contributed by atoms with Crippen molar-refractivity contribution in [3.05, 3.63) is 65.2 Å². The number of rotatable bonds is 8. The molecule has 218 valence electrons. The zero-order valence-electron chi connectivity index (χ0n) is 22.7. The third kappa shape index (κ3) is 4.40. The van der Waals surface area contributed by atoms with Gasteiger partial charge < -0.3 is 23.8 Å². The molecule has 0 unspecified atom stereocenters. The summed E-state index contributed by atoms with van der Waals surface area (Å²) in [6, 6.07) is 9.92. The Morgan fingerprint density at radius 1 is 0.878 bits per heavy atom. The Morgan fingerprint density at radius 2 is 1.41 bits per heavy atom. The summed E-state index contributed by atoms with van der Waals surface area (Å²) in [5.41, 5.74) is -5.21. The number of ether oxygens (including phenoxy) is 4. The first kappa shape index (κ1) is 29.6. The Balaban J connectivity index is 2.09. The van der Waals surface area contributed by atoms with Crippen molar-refractivity contribution in [1.29, 1.82) is 0 Å². The Hall–Kier alpha value is -4.39. The number of nitrogens with one attached hydrogen (secondary N) is 1. The fourth-order valence-electron chi connectivity index (χ4n) is 5.63. The van der Waals surface area contributed by atoms with E-state index in [4.69, 9.17) is 18.9 Å². The fourth-order valence-corrected chi connectivity index (χ4v) is 5.63. The summed E-state index contributed by atoms with van der Waals surface area (Å²) in [7, 11) is 1.91. The molecule has 11 nitrogen and oxygen atoms in total. The highest BCUT2D eigenvalue weighted by molar-refractivity contribution is 6.17. The first-order chi connectivity index (χ1) is 19.5. The number of benzene rings is 2. The van der Waals surface area contributed by atoms with Gasteiger partial charge in [-0.1, -0.05) is 30.3 Å². The zero-order valence-corrected chi connectivity index (χ0v) is 22.7. The van der Waals surface area contributed by atoms with Crippen molar-refractivity contribution in [2.24, 2.45) is 11.8 Å². The Morgan fingerprint density at radius 3 is 1.95 bits per heavy atom. The summed E-state index contributed by atoms with van der Waals surface area (Å²) in [5, 5.41) is 2.62. The summed E-state index contributed by atoms with van der Waals surface area (Å²) in [4.78, 5) is 69.7. The number of fused-ring (bicyclic) bond motifs is 2. The molecule has 0 aliphatic carbocycles. The molecule has 0 aromatic heterocycles. The summed E-state index contributed by atoms with van der Waals surface area (Å²) in [5.74, 6) is -12.9. The van der Waals surface area contributed by atoms with Crippen molar-refractivity contribution >= 4 is 35.5 Å². The summed E-state index contributed by atoms with van der Waals surface area (Å²) >= 11 is 0. The lowest BCUT2D eigenvalue weighted by Gasteiger charge is -2.31. The SMILES string of the molecule is CCOC(=O)C1(C(=O)OCC)N[C@@]2(C(=O)N(Cc3ccccc3)c3cc(F)c(F)cc32)[C@H](C(=O)OC)[C@@H]1C(=O)OC. The third-order valence-electron chi connectivity index (χ3n) is 7.29. The van der Waals surface area contributed by atoms with Gasteiger partial charge in [-0.15, -0.1) is 0 Å². The van der Waals surface area contributed by atoms with E-state index in [2.05, 4.69) is 5.32 Å². The normalized spacial score (nSPS) is 22.3. The highest BCUT2D eigenvalue weighted by Gasteiger charge is 2.79. The third-order valence-corrected chi connectivity index (χ3v) is 7.29. The predicted molar refractivity (Wildman–Crippen MR) is 136 cm³/mol. The Kier molecular flexibility index (Phi) is 8.11. The topological polar surface area (TPSA) is 138 Å². The van der Waals surface area contributed by atoms with Crippen LogP contribution in [0.25, 0.3) is 0 Å². The maximum atomic E-state index is 14.9. The molecular formula is C28H28F2N2O9. The summed E-state index contributed by atoms with van der Waals surface area (Å²) < 4.78 is 49.7. The number of methoxy groups -OCH3 is 2. The van der Waals surface area contributed by atoms with Gasteiger partial charge >= 0.3 is 23.9 Å². The van der Waals surface area contributed by atoms with Crippen molar-refractivity contribution in [3.8, 4) is 0 Å². The fraction of sp³-hybridized carbons (Fsp3) is 0.393. The number of nitrogens with zero attached hydrogens (tertiary/aromatic N) is 1. The number of carbonyl (C=O) groups excluding carboxylic acids is 5. The van der Waals surface area contributed by atoms with E-state index in [-0.39, 0.29) is 31.0 Å². The molecule has 1 fully saturated rings. The van der Waals surface area contributed by atoms with Crippen molar-refractivity contribution in [2.45, 2.75) is 31.5 Å². The van der Waals surface area contributed by atoms with Crippen LogP contribution in [0.3, 0.4) is 0 Å². The lowest BCUT2D eigenvalue weighted by atomic mass is 9.72. The highest BCUT2D eigenvalue weighted by Crippen LogP contribution is 2.56. The standard InChI is InChI=1S/C28H28F2N2O9/c1-5-40-25(36)28(26(37)41-6-2)21(23(34)39-4)20(22(33)38-3)27(31-28)16-12-17(29)18(30)13-19(16)32(24(27)35)14-15-10-8-7-9-11-15/h7-13,20-21,31H,5-6,14H2,1-4H3/t20-,21+,27+/m0/s1. The van der Waals surface area contributed by atoms with Gasteiger partial charge in [0.25, 0.3) is 5.91 Å². The summed E-state index contributed by atoms with van der Waals surface area (Å²) in [6.45, 7) is 2.15. The maximum absolute atomic E-state index is 14.9. The number of hydrogen-bond donors (Lipinski definition) is 1. The van der Waals surface area contributed by atoms with E-state index in [0.717, 1.165) is 25.2 Å². The molecular weight excluding hydrogens is 546 g/mol. The van der Waals surface area contributed by atoms with Gasteiger partial charge in [-0.2, -0.15) is 0 Å². The van der Waals surface area contributed by atoms with Gasteiger partial charge in [-0.3, -0.25) is 19.7 Å². The van der Waals surface area contributed by atoms with Crippen molar-refractivity contribution < 1.29 is 51.7 Å². The van der Waals surface area contributed by atoms with Gasteiger partial charge in [0, 0.05) is 11.6 Å². The first-order valence-electron chi connectivity index (χ1n) is 12.7. The van der Waals surface area contributed by atoms with Crippen molar-refractivity contribution in [1.82, 2.24) is 5.32 Å². The van der Waals surface area contributed by atoms with Crippen LogP contribution in [0, 0.1) is 23.5 Å². The van der Waals surface area contributed by atoms with Gasteiger partial charge in [0.15, 0.2) is 11.6 Å². The lowest BCUT2D eigenvalue weighted by Crippen LogP contribution is -2.65. The van der Waals surface area contributed by atoms with E-state index in [9.17, 15) is 32.8 Å². The number of carbonyl (C=O) groups is 5. The van der Waals surface area contributed by atoms with Gasteiger partial charge in [0.2, 0.25) is 5.54 Å². The van der Waals surface area contributed by atoms with Crippen LogP contribution in [-0.2, 0) is 55.0 Å². The van der Waals surface area contributed by atoms with Crippen LogP contribution in [0.1, 0.15) is 25.0 Å². The average molecular weight is 575 g/mol. The molecule has 2 aromatic carbocycles. The van der Waals surface area contributed by atoms with E-state index in [1.807, 2.05) is 0 Å². The van der Waals surface area contributed by atoms with E-state index in [1.165, 1.54) is 13.8 Å². The van der Waals surface area contributed by atoms with Crippen molar-refractivity contribution in [2.75, 3.05) is 32.3 Å². The minimum absolute atomic E-state index is 0.161. The molecule has 4 rings (SSSR count). The molecule has 1 saturated heterocycles. The number of amides is 1. The van der Waals surface area contributed by atoms with Gasteiger partial charge in [-0.25, -0.2) is 18.4 Å². The molecule has 0 radical (unpaired) electrons. The minimum Gasteiger partial charge on any atom is -0.469 e. The first-order valence-corrected chi connectivity index (χ1v) is 12.7. The van der Waals surface area contributed by atoms with E-state index < -0.39 is 64.3 Å². The van der Waals surface area contributed by atoms with E-state index in [0.29, 0.717) is 11.6 Å². The molecule has 0 bridgehead atoms. The Bertz CT molecular complexity index is 1380. The molecule has 1 amide bonds. The molecule has 2 aliphatic rings. The molecule has 2 aromatic rings. The zero-order chi connectivity index (χ0) is 30.1. The van der Waals surface area contributed by atoms with Crippen LogP contribution in [0.4, 0.5) is 14.5 Å². The largest absolute Gasteiger partial charge is 0.469 e. The van der Waals surface area contributed by atoms with E-state index >= 15 is 0 Å². The molecule has 13 heteroatoms. The molecule has 1 spiro atoms. The minimum atomic E-state index is -2.82. The quantitative estimate of drug-likeness (QED) is 0.282. The second kappa shape index (κ2) is 11.2. The van der Waals surface area contributed by atoms with Crippen LogP contribution in [0.5, 0.6) is 0 Å². The average Bonchev–Trinajstić information content (AvgIpc) is 3.40. The lowest BCUT2D eigenvalue weighted by molar-refractivity contribution is -0.175. The maximum Gasteiger partial charge on any atom is 0.339 e. The monoisotopic (exact) mass is 574 g/mol. The number of halogens is 2. The van der Waals surface area contributed by atoms with Gasteiger partial charge in [0.1, 0.15) is 17.4 Å². The van der Waals surface area contributed by atoms with Crippen molar-refractivity contribution in [3.63, 3.8) is 0 Å². The second-order valence-corrected chi connectivity index (χ2v) is 9.34. The van der Waals surface area contributed by atoms with Gasteiger partial charge in [0.05, 0.1) is 39.7 Å². The number of anilines is 1. The van der Waals surface area contributed by atoms with Crippen LogP contribution < -0.4 is 10.2 Å². The molecule has 1 N–H and O–H groups in total. The van der Waals surface area contributed by atoms with Crippen LogP contribution >= 0.6 is 0 Å². The number of hydrogen-bond acceptors (Lipinski definition) is 10. The second-order valence-electron chi connectivity index (χ2n) is 9.34. The van der Waals surface area contributed by atoms with Crippen LogP contribution in [-0.4, -0.2) is 62.8 Å². The molecule has 2 aliphatic heterocycles. The van der Waals surface area contributed by atoms with Crippen LogP contribution in [0.2, 0.25) is 0 Å². The highest BCUT2D eigenvalue weighted by atomic mass is 19.2. The Labute approximate surface area is 233 Å².